The minimum absolute atomic E-state index is 0.191. The standard InChI is InChI=1S/C21H26N2O5/c1-13-12-19(25)28-20-14(2)17(8-7-16(13)20)27-15(3)21(26)22-9-5-11-23-10-4-6-18(23)24/h7-8,12,15H,4-6,9-11H2,1-3H3,(H,22,26)/t15-/m0/s1. The molecule has 1 saturated heterocycles. The first kappa shape index (κ1) is 19.9. The van der Waals surface area contributed by atoms with Gasteiger partial charge in [-0.1, -0.05) is 0 Å². The molecule has 1 fully saturated rings. The molecule has 0 bridgehead atoms. The molecule has 1 aromatic heterocycles. The SMILES string of the molecule is Cc1cc(=O)oc2c(C)c(O[C@@H](C)C(=O)NCCCN3CCCC3=O)ccc12. The Morgan fingerprint density at radius 2 is 2.11 bits per heavy atom. The first-order chi connectivity index (χ1) is 13.4. The molecule has 1 aliphatic heterocycles. The normalized spacial score (nSPS) is 15.1. The summed E-state index contributed by atoms with van der Waals surface area (Å²) in [5, 5.41) is 3.69. The number of likely N-dealkylation sites (tertiary alicyclic amines) is 1. The van der Waals surface area contributed by atoms with Crippen LogP contribution in [0.5, 0.6) is 5.75 Å². The van der Waals surface area contributed by atoms with Gasteiger partial charge >= 0.3 is 5.63 Å². The van der Waals surface area contributed by atoms with Crippen LogP contribution < -0.4 is 15.7 Å². The van der Waals surface area contributed by atoms with Crippen LogP contribution in [-0.2, 0) is 9.59 Å². The fourth-order valence-corrected chi connectivity index (χ4v) is 3.44. The number of aryl methyl sites for hydroxylation is 2. The molecule has 2 heterocycles. The van der Waals surface area contributed by atoms with Crippen LogP contribution in [0.25, 0.3) is 11.0 Å². The van der Waals surface area contributed by atoms with Gasteiger partial charge in [-0.2, -0.15) is 0 Å². The number of amides is 2. The Hall–Kier alpha value is -2.83. The zero-order valence-electron chi connectivity index (χ0n) is 16.5. The summed E-state index contributed by atoms with van der Waals surface area (Å²) in [6.07, 6.45) is 1.56. The molecule has 1 aliphatic rings. The van der Waals surface area contributed by atoms with E-state index in [-0.39, 0.29) is 11.8 Å². The van der Waals surface area contributed by atoms with Crippen LogP contribution in [0, 0.1) is 13.8 Å². The van der Waals surface area contributed by atoms with Crippen LogP contribution in [0.1, 0.15) is 37.3 Å². The number of benzene rings is 1. The molecule has 0 radical (unpaired) electrons. The lowest BCUT2D eigenvalue weighted by Crippen LogP contribution is -2.38. The van der Waals surface area contributed by atoms with E-state index in [1.54, 1.807) is 19.9 Å². The van der Waals surface area contributed by atoms with E-state index in [9.17, 15) is 14.4 Å². The van der Waals surface area contributed by atoms with E-state index in [2.05, 4.69) is 5.32 Å². The summed E-state index contributed by atoms with van der Waals surface area (Å²) in [6.45, 7) is 7.29. The van der Waals surface area contributed by atoms with Crippen LogP contribution in [-0.4, -0.2) is 42.5 Å². The predicted octanol–water partition coefficient (Wildman–Crippen LogP) is 2.31. The minimum atomic E-state index is -0.693. The molecule has 0 spiro atoms. The topological polar surface area (TPSA) is 88.8 Å². The van der Waals surface area contributed by atoms with Gasteiger partial charge in [0.05, 0.1) is 0 Å². The van der Waals surface area contributed by atoms with Crippen LogP contribution in [0.4, 0.5) is 0 Å². The Morgan fingerprint density at radius 1 is 1.32 bits per heavy atom. The summed E-state index contributed by atoms with van der Waals surface area (Å²) in [5.74, 6) is 0.473. The lowest BCUT2D eigenvalue weighted by atomic mass is 10.1. The van der Waals surface area contributed by atoms with Crippen LogP contribution in [0.3, 0.4) is 0 Å². The van der Waals surface area contributed by atoms with E-state index < -0.39 is 11.7 Å². The Morgan fingerprint density at radius 3 is 2.82 bits per heavy atom. The lowest BCUT2D eigenvalue weighted by Gasteiger charge is -2.18. The zero-order chi connectivity index (χ0) is 20.3. The summed E-state index contributed by atoms with van der Waals surface area (Å²) in [5.41, 5.74) is 1.59. The van der Waals surface area contributed by atoms with Gasteiger partial charge in [0.1, 0.15) is 11.3 Å². The predicted molar refractivity (Wildman–Crippen MR) is 105 cm³/mol. The summed E-state index contributed by atoms with van der Waals surface area (Å²) >= 11 is 0. The smallest absolute Gasteiger partial charge is 0.336 e. The van der Waals surface area contributed by atoms with E-state index in [1.165, 1.54) is 6.07 Å². The monoisotopic (exact) mass is 386 g/mol. The second kappa shape index (κ2) is 8.46. The third-order valence-electron chi connectivity index (χ3n) is 5.07. The average molecular weight is 386 g/mol. The molecule has 1 atom stereocenters. The zero-order valence-corrected chi connectivity index (χ0v) is 16.5. The lowest BCUT2D eigenvalue weighted by molar-refractivity contribution is -0.127. The third-order valence-corrected chi connectivity index (χ3v) is 5.07. The van der Waals surface area contributed by atoms with Gasteiger partial charge in [-0.25, -0.2) is 4.79 Å². The van der Waals surface area contributed by atoms with Crippen molar-refractivity contribution in [3.05, 3.63) is 39.7 Å². The van der Waals surface area contributed by atoms with Crippen LogP contribution >= 0.6 is 0 Å². The molecule has 2 amide bonds. The van der Waals surface area contributed by atoms with Crippen molar-refractivity contribution in [3.63, 3.8) is 0 Å². The summed E-state index contributed by atoms with van der Waals surface area (Å²) in [6, 6.07) is 5.06. The number of ether oxygens (including phenoxy) is 1. The van der Waals surface area contributed by atoms with Gasteiger partial charge in [0, 0.05) is 43.1 Å². The maximum Gasteiger partial charge on any atom is 0.336 e. The molecule has 0 unspecified atom stereocenters. The van der Waals surface area contributed by atoms with Crippen molar-refractivity contribution in [1.29, 1.82) is 0 Å². The van der Waals surface area contributed by atoms with Gasteiger partial charge in [-0.05, 0) is 51.3 Å². The van der Waals surface area contributed by atoms with Gasteiger partial charge in [-0.3, -0.25) is 9.59 Å². The van der Waals surface area contributed by atoms with Crippen molar-refractivity contribution in [2.24, 2.45) is 0 Å². The van der Waals surface area contributed by atoms with Crippen molar-refractivity contribution in [2.75, 3.05) is 19.6 Å². The second-order valence-electron chi connectivity index (χ2n) is 7.20. The van der Waals surface area contributed by atoms with Gasteiger partial charge < -0.3 is 19.4 Å². The Kier molecular flexibility index (Phi) is 6.02. The van der Waals surface area contributed by atoms with Crippen molar-refractivity contribution < 1.29 is 18.7 Å². The van der Waals surface area contributed by atoms with E-state index in [4.69, 9.17) is 9.15 Å². The fourth-order valence-electron chi connectivity index (χ4n) is 3.44. The Balaban J connectivity index is 1.57. The van der Waals surface area contributed by atoms with Crippen molar-refractivity contribution in [1.82, 2.24) is 10.2 Å². The molecule has 7 heteroatoms. The molecular formula is C21H26N2O5. The maximum atomic E-state index is 12.3. The number of rotatable bonds is 7. The molecule has 0 aliphatic carbocycles. The number of fused-ring (bicyclic) bond motifs is 1. The van der Waals surface area contributed by atoms with Crippen molar-refractivity contribution >= 4 is 22.8 Å². The Labute approximate surface area is 163 Å². The van der Waals surface area contributed by atoms with Gasteiger partial charge in [0.15, 0.2) is 6.10 Å². The summed E-state index contributed by atoms with van der Waals surface area (Å²) < 4.78 is 11.1. The van der Waals surface area contributed by atoms with Gasteiger partial charge in [0.2, 0.25) is 5.91 Å². The highest BCUT2D eigenvalue weighted by Crippen LogP contribution is 2.28. The largest absolute Gasteiger partial charge is 0.480 e. The summed E-state index contributed by atoms with van der Waals surface area (Å²) in [4.78, 5) is 37.4. The van der Waals surface area contributed by atoms with Gasteiger partial charge in [0.25, 0.3) is 5.91 Å². The average Bonchev–Trinajstić information content (AvgIpc) is 3.06. The van der Waals surface area contributed by atoms with Crippen molar-refractivity contribution in [2.45, 2.75) is 46.1 Å². The quantitative estimate of drug-likeness (QED) is 0.583. The highest BCUT2D eigenvalue weighted by molar-refractivity contribution is 5.85. The third kappa shape index (κ3) is 4.35. The number of carbonyl (C=O) groups is 2. The summed E-state index contributed by atoms with van der Waals surface area (Å²) in [7, 11) is 0. The molecule has 0 saturated carbocycles. The van der Waals surface area contributed by atoms with E-state index in [0.717, 1.165) is 23.9 Å². The van der Waals surface area contributed by atoms with Crippen LogP contribution in [0.2, 0.25) is 0 Å². The molecule has 150 valence electrons. The number of nitrogens with zero attached hydrogens (tertiary/aromatic N) is 1. The molecule has 3 rings (SSSR count). The van der Waals surface area contributed by atoms with E-state index >= 15 is 0 Å². The highest BCUT2D eigenvalue weighted by atomic mass is 16.5. The van der Waals surface area contributed by atoms with Gasteiger partial charge in [-0.15, -0.1) is 0 Å². The minimum Gasteiger partial charge on any atom is -0.480 e. The number of carbonyl (C=O) groups excluding carboxylic acids is 2. The molecule has 1 aromatic carbocycles. The van der Waals surface area contributed by atoms with E-state index in [1.807, 2.05) is 17.9 Å². The molecule has 28 heavy (non-hydrogen) atoms. The molecule has 7 nitrogen and oxygen atoms in total. The Bertz CT molecular complexity index is 950. The number of hydrogen-bond donors (Lipinski definition) is 1. The first-order valence-electron chi connectivity index (χ1n) is 9.63. The molecule has 1 N–H and O–H groups in total. The number of hydrogen-bond acceptors (Lipinski definition) is 5. The molecular weight excluding hydrogens is 360 g/mol. The number of nitrogens with one attached hydrogen (secondary N) is 1. The van der Waals surface area contributed by atoms with E-state index in [0.29, 0.717) is 42.8 Å². The second-order valence-corrected chi connectivity index (χ2v) is 7.20. The van der Waals surface area contributed by atoms with Crippen molar-refractivity contribution in [3.8, 4) is 5.75 Å². The maximum absolute atomic E-state index is 12.3. The first-order valence-corrected chi connectivity index (χ1v) is 9.63. The highest BCUT2D eigenvalue weighted by Gasteiger charge is 2.20. The molecule has 2 aromatic rings. The fraction of sp³-hybridized carbons (Fsp3) is 0.476. The van der Waals surface area contributed by atoms with Crippen LogP contribution in [0.15, 0.2) is 27.4 Å².